The van der Waals surface area contributed by atoms with Gasteiger partial charge in [-0.1, -0.05) is 24.6 Å². The molecule has 0 amide bonds. The van der Waals surface area contributed by atoms with Crippen LogP contribution in [0.25, 0.3) is 0 Å². The summed E-state index contributed by atoms with van der Waals surface area (Å²) in [7, 11) is 0. The zero-order chi connectivity index (χ0) is 13.1. The van der Waals surface area contributed by atoms with Crippen LogP contribution >= 0.6 is 27.5 Å². The molecule has 1 heterocycles. The van der Waals surface area contributed by atoms with E-state index in [-0.39, 0.29) is 5.02 Å². The molecule has 0 aliphatic heterocycles. The van der Waals surface area contributed by atoms with Gasteiger partial charge in [0.1, 0.15) is 18.0 Å². The predicted molar refractivity (Wildman–Crippen MR) is 71.0 cm³/mol. The first kappa shape index (κ1) is 13.5. The lowest BCUT2D eigenvalue weighted by atomic mass is 10.1. The Balaban J connectivity index is 2.47. The largest absolute Gasteiger partial charge is 0.304 e. The molecule has 0 saturated carbocycles. The van der Waals surface area contributed by atoms with Gasteiger partial charge in [0.15, 0.2) is 0 Å². The van der Waals surface area contributed by atoms with Gasteiger partial charge in [-0.15, -0.1) is 0 Å². The van der Waals surface area contributed by atoms with Crippen LogP contribution in [-0.4, -0.2) is 21.7 Å². The van der Waals surface area contributed by atoms with E-state index in [0.717, 1.165) is 0 Å². The SMILES string of the molecule is CCNC(c1ncn[nH]1)c1ccc(Br)c(Cl)c1F. The van der Waals surface area contributed by atoms with Crippen molar-refractivity contribution in [3.8, 4) is 0 Å². The minimum Gasteiger partial charge on any atom is -0.304 e. The number of aromatic nitrogens is 3. The van der Waals surface area contributed by atoms with Crippen LogP contribution in [0.1, 0.15) is 24.4 Å². The summed E-state index contributed by atoms with van der Waals surface area (Å²) in [6, 6.07) is 2.98. The number of benzene rings is 1. The maximum absolute atomic E-state index is 14.2. The lowest BCUT2D eigenvalue weighted by Gasteiger charge is -2.17. The molecule has 1 aromatic carbocycles. The van der Waals surface area contributed by atoms with Gasteiger partial charge in [-0.05, 0) is 28.5 Å². The topological polar surface area (TPSA) is 53.6 Å². The number of nitrogens with one attached hydrogen (secondary N) is 2. The first-order chi connectivity index (χ1) is 8.65. The maximum atomic E-state index is 14.2. The second-order valence-corrected chi connectivity index (χ2v) is 4.86. The average Bonchev–Trinajstić information content (AvgIpc) is 2.88. The molecule has 2 N–H and O–H groups in total. The molecular formula is C11H11BrClFN4. The number of nitrogens with zero attached hydrogens (tertiary/aromatic N) is 2. The molecule has 2 rings (SSSR count). The molecule has 18 heavy (non-hydrogen) atoms. The van der Waals surface area contributed by atoms with Crippen LogP contribution in [0, 0.1) is 5.82 Å². The molecule has 0 aliphatic rings. The number of rotatable bonds is 4. The normalized spacial score (nSPS) is 12.7. The van der Waals surface area contributed by atoms with Gasteiger partial charge in [0.25, 0.3) is 0 Å². The highest BCUT2D eigenvalue weighted by molar-refractivity contribution is 9.10. The van der Waals surface area contributed by atoms with Crippen molar-refractivity contribution in [1.29, 1.82) is 0 Å². The van der Waals surface area contributed by atoms with E-state index in [1.807, 2.05) is 6.92 Å². The molecule has 0 fully saturated rings. The Morgan fingerprint density at radius 2 is 2.33 bits per heavy atom. The van der Waals surface area contributed by atoms with E-state index < -0.39 is 11.9 Å². The zero-order valence-electron chi connectivity index (χ0n) is 9.54. The molecule has 1 unspecified atom stereocenters. The van der Waals surface area contributed by atoms with Crippen LogP contribution in [-0.2, 0) is 0 Å². The molecule has 2 aromatic rings. The van der Waals surface area contributed by atoms with Gasteiger partial charge in [0.2, 0.25) is 0 Å². The van der Waals surface area contributed by atoms with Crippen molar-refractivity contribution in [1.82, 2.24) is 20.5 Å². The predicted octanol–water partition coefficient (Wildman–Crippen LogP) is 3.06. The highest BCUT2D eigenvalue weighted by atomic mass is 79.9. The summed E-state index contributed by atoms with van der Waals surface area (Å²) in [5, 5.41) is 9.72. The Bertz CT molecular complexity index is 532. The van der Waals surface area contributed by atoms with Crippen molar-refractivity contribution in [2.45, 2.75) is 13.0 Å². The number of hydrogen-bond acceptors (Lipinski definition) is 3. The van der Waals surface area contributed by atoms with Crippen LogP contribution in [0.2, 0.25) is 5.02 Å². The fourth-order valence-corrected chi connectivity index (χ4v) is 2.15. The molecule has 96 valence electrons. The van der Waals surface area contributed by atoms with Gasteiger partial charge >= 0.3 is 0 Å². The highest BCUT2D eigenvalue weighted by Gasteiger charge is 2.22. The Morgan fingerprint density at radius 1 is 1.56 bits per heavy atom. The molecule has 0 saturated heterocycles. The van der Waals surface area contributed by atoms with Crippen molar-refractivity contribution in [2.24, 2.45) is 0 Å². The standard InChI is InChI=1S/C11H11BrClFN4/c1-2-15-10(11-16-5-17-18-11)6-3-4-7(12)8(13)9(6)14/h3-5,10,15H,2H2,1H3,(H,16,17,18). The molecule has 0 spiro atoms. The summed E-state index contributed by atoms with van der Waals surface area (Å²) in [4.78, 5) is 4.05. The first-order valence-corrected chi connectivity index (χ1v) is 6.54. The van der Waals surface area contributed by atoms with Gasteiger partial charge in [-0.25, -0.2) is 9.37 Å². The number of aromatic amines is 1. The first-order valence-electron chi connectivity index (χ1n) is 5.37. The quantitative estimate of drug-likeness (QED) is 0.846. The number of H-pyrrole nitrogens is 1. The second kappa shape index (κ2) is 5.77. The number of hydrogen-bond donors (Lipinski definition) is 2. The van der Waals surface area contributed by atoms with Gasteiger partial charge < -0.3 is 5.32 Å². The van der Waals surface area contributed by atoms with E-state index in [1.54, 1.807) is 12.1 Å². The van der Waals surface area contributed by atoms with E-state index in [9.17, 15) is 4.39 Å². The Morgan fingerprint density at radius 3 is 2.94 bits per heavy atom. The maximum Gasteiger partial charge on any atom is 0.148 e. The molecule has 4 nitrogen and oxygen atoms in total. The lowest BCUT2D eigenvalue weighted by Crippen LogP contribution is -2.24. The molecule has 1 aromatic heterocycles. The molecule has 0 radical (unpaired) electrons. The van der Waals surface area contributed by atoms with Gasteiger partial charge in [0, 0.05) is 10.0 Å². The third-order valence-corrected chi connectivity index (χ3v) is 3.75. The van der Waals surface area contributed by atoms with Crippen LogP contribution < -0.4 is 5.32 Å². The third-order valence-electron chi connectivity index (χ3n) is 2.49. The second-order valence-electron chi connectivity index (χ2n) is 3.63. The Labute approximate surface area is 117 Å². The van der Waals surface area contributed by atoms with Crippen molar-refractivity contribution in [3.05, 3.63) is 45.2 Å². The molecule has 7 heteroatoms. The van der Waals surface area contributed by atoms with E-state index >= 15 is 0 Å². The Kier molecular flexibility index (Phi) is 4.31. The Hall–Kier alpha value is -0.980. The fourth-order valence-electron chi connectivity index (χ4n) is 1.68. The van der Waals surface area contributed by atoms with E-state index in [4.69, 9.17) is 11.6 Å². The summed E-state index contributed by atoms with van der Waals surface area (Å²) < 4.78 is 14.7. The van der Waals surface area contributed by atoms with Crippen LogP contribution in [0.4, 0.5) is 4.39 Å². The minimum atomic E-state index is -0.464. The van der Waals surface area contributed by atoms with Crippen molar-refractivity contribution >= 4 is 27.5 Å². The summed E-state index contributed by atoms with van der Waals surface area (Å²) in [6.45, 7) is 2.60. The fraction of sp³-hybridized carbons (Fsp3) is 0.273. The van der Waals surface area contributed by atoms with Crippen molar-refractivity contribution in [3.63, 3.8) is 0 Å². The molecule has 0 aliphatic carbocycles. The van der Waals surface area contributed by atoms with E-state index in [2.05, 4.69) is 36.4 Å². The van der Waals surface area contributed by atoms with Crippen LogP contribution in [0.15, 0.2) is 22.9 Å². The summed E-state index contributed by atoms with van der Waals surface area (Å²) in [5.74, 6) is 0.0857. The highest BCUT2D eigenvalue weighted by Crippen LogP contribution is 2.31. The van der Waals surface area contributed by atoms with Gasteiger partial charge in [-0.2, -0.15) is 5.10 Å². The van der Waals surface area contributed by atoms with Gasteiger partial charge in [0.05, 0.1) is 11.1 Å². The summed E-state index contributed by atoms with van der Waals surface area (Å²) in [6.07, 6.45) is 1.39. The monoisotopic (exact) mass is 332 g/mol. The van der Waals surface area contributed by atoms with Crippen molar-refractivity contribution in [2.75, 3.05) is 6.54 Å². The van der Waals surface area contributed by atoms with Crippen LogP contribution in [0.3, 0.4) is 0 Å². The smallest absolute Gasteiger partial charge is 0.148 e. The summed E-state index contributed by atoms with van der Waals surface area (Å²) >= 11 is 9.08. The lowest BCUT2D eigenvalue weighted by molar-refractivity contribution is 0.544. The van der Waals surface area contributed by atoms with E-state index in [1.165, 1.54) is 6.33 Å². The third kappa shape index (κ3) is 2.55. The number of halogens is 3. The summed E-state index contributed by atoms with van der Waals surface area (Å²) in [5.41, 5.74) is 0.432. The molecular weight excluding hydrogens is 323 g/mol. The molecule has 0 bridgehead atoms. The van der Waals surface area contributed by atoms with Gasteiger partial charge in [-0.3, -0.25) is 5.10 Å². The van der Waals surface area contributed by atoms with Crippen molar-refractivity contribution < 1.29 is 4.39 Å². The zero-order valence-corrected chi connectivity index (χ0v) is 11.9. The van der Waals surface area contributed by atoms with E-state index in [0.29, 0.717) is 22.4 Å². The minimum absolute atomic E-state index is 0.0647. The van der Waals surface area contributed by atoms with Crippen LogP contribution in [0.5, 0.6) is 0 Å². The average molecular weight is 334 g/mol. The molecule has 1 atom stereocenters.